The molecule has 1 amide bonds. The minimum Gasteiger partial charge on any atom is -0.481 e. The second-order valence-electron chi connectivity index (χ2n) is 7.49. The van der Waals surface area contributed by atoms with Crippen molar-refractivity contribution in [2.75, 3.05) is 5.32 Å². The summed E-state index contributed by atoms with van der Waals surface area (Å²) in [7, 11) is 0. The van der Waals surface area contributed by atoms with E-state index in [2.05, 4.69) is 12.2 Å². The molecule has 2 aromatic carbocycles. The van der Waals surface area contributed by atoms with Crippen molar-refractivity contribution < 1.29 is 19.1 Å². The van der Waals surface area contributed by atoms with Crippen LogP contribution in [0.4, 0.5) is 5.69 Å². The average Bonchev–Trinajstić information content (AvgIpc) is 2.75. The lowest BCUT2D eigenvalue weighted by Gasteiger charge is -2.21. The van der Waals surface area contributed by atoms with Crippen molar-refractivity contribution in [3.63, 3.8) is 0 Å². The van der Waals surface area contributed by atoms with Gasteiger partial charge >= 0.3 is 5.97 Å². The molecule has 0 aromatic heterocycles. The zero-order chi connectivity index (χ0) is 20.6. The van der Waals surface area contributed by atoms with Gasteiger partial charge in [0.2, 0.25) is 0 Å². The van der Waals surface area contributed by atoms with Crippen LogP contribution in [0.3, 0.4) is 0 Å². The maximum Gasteiger partial charge on any atom is 0.338 e. The number of aryl methyl sites for hydroxylation is 1. The number of esters is 1. The minimum atomic E-state index is -0.640. The lowest BCUT2D eigenvalue weighted by molar-refractivity contribution is -0.122. The number of rotatable bonds is 7. The molecule has 29 heavy (non-hydrogen) atoms. The average molecular weight is 395 g/mol. The van der Waals surface area contributed by atoms with Gasteiger partial charge in [0.15, 0.2) is 6.10 Å². The van der Waals surface area contributed by atoms with Gasteiger partial charge in [-0.2, -0.15) is 0 Å². The molecule has 0 bridgehead atoms. The van der Waals surface area contributed by atoms with E-state index in [1.807, 2.05) is 24.3 Å². The first kappa shape index (κ1) is 20.9. The zero-order valence-electron chi connectivity index (χ0n) is 17.1. The molecule has 1 aliphatic carbocycles. The highest BCUT2D eigenvalue weighted by Gasteiger charge is 2.19. The number of ether oxygens (including phenoxy) is 2. The molecule has 154 valence electrons. The maximum absolute atomic E-state index is 12.4. The molecule has 1 unspecified atom stereocenters. The topological polar surface area (TPSA) is 64.6 Å². The van der Waals surface area contributed by atoms with E-state index in [-0.39, 0.29) is 18.0 Å². The molecule has 1 aliphatic rings. The molecule has 1 saturated carbocycles. The van der Waals surface area contributed by atoms with Gasteiger partial charge in [0, 0.05) is 5.69 Å². The second-order valence-corrected chi connectivity index (χ2v) is 7.49. The van der Waals surface area contributed by atoms with Crippen LogP contribution in [0.15, 0.2) is 48.5 Å². The third-order valence-corrected chi connectivity index (χ3v) is 5.23. The van der Waals surface area contributed by atoms with Gasteiger partial charge in [0.1, 0.15) is 11.9 Å². The fraction of sp³-hybridized carbons (Fsp3) is 0.417. The highest BCUT2D eigenvalue weighted by Crippen LogP contribution is 2.22. The van der Waals surface area contributed by atoms with Crippen LogP contribution in [0.2, 0.25) is 0 Å². The lowest BCUT2D eigenvalue weighted by Crippen LogP contribution is -2.30. The van der Waals surface area contributed by atoms with E-state index >= 15 is 0 Å². The predicted octanol–water partition coefficient (Wildman–Crippen LogP) is 5.14. The number of benzene rings is 2. The maximum atomic E-state index is 12.4. The highest BCUT2D eigenvalue weighted by atomic mass is 16.5. The van der Waals surface area contributed by atoms with E-state index in [0.717, 1.165) is 32.1 Å². The van der Waals surface area contributed by atoms with E-state index in [4.69, 9.17) is 9.47 Å². The van der Waals surface area contributed by atoms with Gasteiger partial charge in [0.05, 0.1) is 5.56 Å². The molecule has 0 radical (unpaired) electrons. The Morgan fingerprint density at radius 1 is 1.00 bits per heavy atom. The second kappa shape index (κ2) is 10.1. The Morgan fingerprint density at radius 2 is 1.66 bits per heavy atom. The largest absolute Gasteiger partial charge is 0.481 e. The number of hydrogen-bond donors (Lipinski definition) is 1. The number of carbonyl (C=O) groups is 2. The molecule has 5 nitrogen and oxygen atoms in total. The number of hydrogen-bond acceptors (Lipinski definition) is 4. The van der Waals surface area contributed by atoms with Gasteiger partial charge in [-0.15, -0.1) is 0 Å². The molecular weight excluding hydrogens is 366 g/mol. The summed E-state index contributed by atoms with van der Waals surface area (Å²) in [5.74, 6) is 0.106. The van der Waals surface area contributed by atoms with Gasteiger partial charge in [-0.3, -0.25) is 4.79 Å². The fourth-order valence-corrected chi connectivity index (χ4v) is 3.40. The smallest absolute Gasteiger partial charge is 0.338 e. The molecule has 0 aliphatic heterocycles. The van der Waals surface area contributed by atoms with Gasteiger partial charge < -0.3 is 14.8 Å². The minimum absolute atomic E-state index is 0.0278. The summed E-state index contributed by atoms with van der Waals surface area (Å²) in [4.78, 5) is 24.7. The van der Waals surface area contributed by atoms with Crippen molar-refractivity contribution in [3.8, 4) is 5.75 Å². The van der Waals surface area contributed by atoms with E-state index in [1.165, 1.54) is 12.0 Å². The van der Waals surface area contributed by atoms with Gasteiger partial charge in [-0.05, 0) is 81.0 Å². The summed E-state index contributed by atoms with van der Waals surface area (Å²) in [5, 5.41) is 2.82. The molecule has 1 atom stereocenters. The standard InChI is InChI=1S/C24H29NO4/c1-3-18-9-15-22(16-10-18)28-17(2)23(26)25-20-13-11-19(12-14-20)24(27)29-21-7-5-4-6-8-21/h9-17,21H,3-8H2,1-2H3,(H,25,26). The third kappa shape index (κ3) is 6.08. The summed E-state index contributed by atoms with van der Waals surface area (Å²) < 4.78 is 11.3. The van der Waals surface area contributed by atoms with E-state index in [9.17, 15) is 9.59 Å². The molecular formula is C24H29NO4. The molecule has 0 saturated heterocycles. The van der Waals surface area contributed by atoms with Gasteiger partial charge in [-0.25, -0.2) is 4.79 Å². The monoisotopic (exact) mass is 395 g/mol. The Hall–Kier alpha value is -2.82. The van der Waals surface area contributed by atoms with Crippen molar-refractivity contribution in [2.45, 2.75) is 64.6 Å². The third-order valence-electron chi connectivity index (χ3n) is 5.23. The summed E-state index contributed by atoms with van der Waals surface area (Å²) in [6.45, 7) is 3.80. The van der Waals surface area contributed by atoms with E-state index < -0.39 is 6.10 Å². The molecule has 0 spiro atoms. The fourth-order valence-electron chi connectivity index (χ4n) is 3.40. The molecule has 1 fully saturated rings. The van der Waals surface area contributed by atoms with Crippen molar-refractivity contribution in [1.29, 1.82) is 0 Å². The first-order chi connectivity index (χ1) is 14.0. The summed E-state index contributed by atoms with van der Waals surface area (Å²) in [6, 6.07) is 14.5. The number of amides is 1. The normalized spacial score (nSPS) is 15.4. The number of anilines is 1. The van der Waals surface area contributed by atoms with E-state index in [1.54, 1.807) is 31.2 Å². The Labute approximate surface area is 172 Å². The van der Waals surface area contributed by atoms with Gasteiger partial charge in [-0.1, -0.05) is 25.5 Å². The lowest BCUT2D eigenvalue weighted by atomic mass is 9.98. The first-order valence-corrected chi connectivity index (χ1v) is 10.4. The highest BCUT2D eigenvalue weighted by molar-refractivity contribution is 5.95. The quantitative estimate of drug-likeness (QED) is 0.659. The Bertz CT molecular complexity index is 808. The van der Waals surface area contributed by atoms with Crippen LogP contribution in [0.1, 0.15) is 61.9 Å². The van der Waals surface area contributed by atoms with Crippen LogP contribution in [-0.2, 0) is 16.0 Å². The predicted molar refractivity (Wildman–Crippen MR) is 113 cm³/mol. The SMILES string of the molecule is CCc1ccc(OC(C)C(=O)Nc2ccc(C(=O)OC3CCCCC3)cc2)cc1. The molecule has 3 rings (SSSR count). The van der Waals surface area contributed by atoms with Crippen molar-refractivity contribution in [3.05, 3.63) is 59.7 Å². The van der Waals surface area contributed by atoms with Crippen molar-refractivity contribution >= 4 is 17.6 Å². The summed E-state index contributed by atoms with van der Waals surface area (Å²) in [5.41, 5.74) is 2.33. The molecule has 2 aromatic rings. The van der Waals surface area contributed by atoms with Crippen LogP contribution in [0.25, 0.3) is 0 Å². The Kier molecular flexibility index (Phi) is 7.28. The zero-order valence-corrected chi connectivity index (χ0v) is 17.1. The van der Waals surface area contributed by atoms with Crippen LogP contribution in [-0.4, -0.2) is 24.1 Å². The van der Waals surface area contributed by atoms with Crippen LogP contribution >= 0.6 is 0 Å². The van der Waals surface area contributed by atoms with E-state index in [0.29, 0.717) is 17.0 Å². The van der Waals surface area contributed by atoms with Crippen molar-refractivity contribution in [2.24, 2.45) is 0 Å². The van der Waals surface area contributed by atoms with Crippen LogP contribution in [0, 0.1) is 0 Å². The summed E-state index contributed by atoms with van der Waals surface area (Å²) >= 11 is 0. The number of nitrogens with one attached hydrogen (secondary N) is 1. The Balaban J connectivity index is 1.51. The van der Waals surface area contributed by atoms with Crippen LogP contribution in [0.5, 0.6) is 5.75 Å². The molecule has 5 heteroatoms. The summed E-state index contributed by atoms with van der Waals surface area (Å²) in [6.07, 6.45) is 5.68. The van der Waals surface area contributed by atoms with Crippen LogP contribution < -0.4 is 10.1 Å². The Morgan fingerprint density at radius 3 is 2.28 bits per heavy atom. The number of carbonyl (C=O) groups excluding carboxylic acids is 2. The first-order valence-electron chi connectivity index (χ1n) is 10.4. The molecule has 1 N–H and O–H groups in total. The van der Waals surface area contributed by atoms with Gasteiger partial charge in [0.25, 0.3) is 5.91 Å². The molecule has 0 heterocycles. The van der Waals surface area contributed by atoms with Crippen molar-refractivity contribution in [1.82, 2.24) is 0 Å².